The molecule has 4 heterocycles. The minimum atomic E-state index is -0.294. The third-order valence-corrected chi connectivity index (χ3v) is 18.8. The van der Waals surface area contributed by atoms with Crippen molar-refractivity contribution in [3.8, 4) is 33.4 Å². The summed E-state index contributed by atoms with van der Waals surface area (Å²) < 4.78 is 7.26. The summed E-state index contributed by atoms with van der Waals surface area (Å²) in [5, 5.41) is 2.26. The van der Waals surface area contributed by atoms with Gasteiger partial charge in [0.05, 0.1) is 5.69 Å². The van der Waals surface area contributed by atoms with Gasteiger partial charge in [-0.1, -0.05) is 208 Å². The van der Waals surface area contributed by atoms with Crippen molar-refractivity contribution in [3.63, 3.8) is 0 Å². The molecule has 10 aromatic carbocycles. The van der Waals surface area contributed by atoms with Crippen LogP contribution in [0.25, 0.3) is 55.3 Å². The second-order valence-corrected chi connectivity index (χ2v) is 26.0. The summed E-state index contributed by atoms with van der Waals surface area (Å²) in [4.78, 5) is 7.80. The standard InChI is InChI=1S/C75H66BN3O/c1-72(2,3)51-31-37-53(38-32-51)77(52-33-27-49(28-34-52)47-19-12-10-13-20-47)55-39-40-57-64(43-55)79(54-35-29-50(30-36-54)48-21-14-11-15-22-48)76-63-25-18-24-59-70(63)78(66-44-58-56-23-16-17-26-67(56)80-71(58)68(57)69(66)76)65-46-61-60(45-62(65)75(59,8)9)73(4,5)41-42-74(61,6)7/h10-40,43-46H,41-42H2,1-9H3. The lowest BCUT2D eigenvalue weighted by atomic mass is 9.42. The summed E-state index contributed by atoms with van der Waals surface area (Å²) >= 11 is 0. The summed E-state index contributed by atoms with van der Waals surface area (Å²) in [7, 11) is 0. The minimum Gasteiger partial charge on any atom is -0.455 e. The lowest BCUT2D eigenvalue weighted by Crippen LogP contribution is -2.62. The van der Waals surface area contributed by atoms with Gasteiger partial charge in [-0.25, -0.2) is 0 Å². The Kier molecular flexibility index (Phi) is 10.5. The lowest BCUT2D eigenvalue weighted by Gasteiger charge is -2.51. The second-order valence-electron chi connectivity index (χ2n) is 26.0. The van der Waals surface area contributed by atoms with Gasteiger partial charge >= 0.3 is 6.85 Å². The topological polar surface area (TPSA) is 22.9 Å². The fourth-order valence-electron chi connectivity index (χ4n) is 14.3. The van der Waals surface area contributed by atoms with E-state index in [0.29, 0.717) is 0 Å². The largest absolute Gasteiger partial charge is 0.455 e. The highest BCUT2D eigenvalue weighted by Gasteiger charge is 2.52. The second kappa shape index (κ2) is 17.2. The van der Waals surface area contributed by atoms with E-state index in [-0.39, 0.29) is 28.5 Å². The van der Waals surface area contributed by atoms with Crippen molar-refractivity contribution in [2.45, 2.75) is 96.8 Å². The SMILES string of the molecule is CC(C)(C)c1ccc(N(c2ccc(-c3ccccc3)cc2)c2ccc3c(c2)N(c2ccc(-c4ccccc4)cc2)B2c4cccc5c4N(c4cc6c(cc4C5(C)C)C(C)(C)CCC6(C)C)c4cc5c(oc6ccccc65)c-3c42)cc1. The summed E-state index contributed by atoms with van der Waals surface area (Å²) in [5.41, 5.74) is 27.6. The number of hydrogen-bond acceptors (Lipinski definition) is 4. The van der Waals surface area contributed by atoms with E-state index in [4.69, 9.17) is 4.42 Å². The average molecular weight is 1040 g/mol. The number of rotatable bonds is 6. The van der Waals surface area contributed by atoms with Crippen molar-refractivity contribution in [1.29, 1.82) is 0 Å². The molecule has 3 aliphatic heterocycles. The Bertz CT molecular complexity index is 4300. The van der Waals surface area contributed by atoms with Gasteiger partial charge in [-0.3, -0.25) is 0 Å². The first-order chi connectivity index (χ1) is 38.5. The molecule has 80 heavy (non-hydrogen) atoms. The van der Waals surface area contributed by atoms with Gasteiger partial charge < -0.3 is 19.0 Å². The Morgan fingerprint density at radius 1 is 0.475 bits per heavy atom. The van der Waals surface area contributed by atoms with Gasteiger partial charge in [-0.05, 0) is 157 Å². The molecule has 11 aromatic rings. The van der Waals surface area contributed by atoms with Crippen LogP contribution >= 0.6 is 0 Å². The molecule has 0 fully saturated rings. The predicted octanol–water partition coefficient (Wildman–Crippen LogP) is 19.4. The molecule has 0 saturated heterocycles. The quantitative estimate of drug-likeness (QED) is 0.155. The van der Waals surface area contributed by atoms with Crippen LogP contribution in [0.15, 0.2) is 217 Å². The summed E-state index contributed by atoms with van der Waals surface area (Å²) in [6.45, 7) is 21.4. The predicted molar refractivity (Wildman–Crippen MR) is 339 cm³/mol. The molecule has 0 spiro atoms. The van der Waals surface area contributed by atoms with Gasteiger partial charge in [0, 0.05) is 67.1 Å². The Labute approximate surface area is 472 Å². The van der Waals surface area contributed by atoms with Crippen molar-refractivity contribution >= 4 is 85.2 Å². The molecule has 0 atom stereocenters. The normalized spacial score (nSPS) is 15.9. The van der Waals surface area contributed by atoms with E-state index < -0.39 is 0 Å². The molecule has 4 nitrogen and oxygen atoms in total. The van der Waals surface area contributed by atoms with Crippen LogP contribution in [-0.2, 0) is 21.7 Å². The van der Waals surface area contributed by atoms with Crippen molar-refractivity contribution in [3.05, 3.63) is 240 Å². The zero-order valence-electron chi connectivity index (χ0n) is 47.4. The maximum Gasteiger partial charge on any atom is 0.333 e. The number of anilines is 8. The molecule has 390 valence electrons. The van der Waals surface area contributed by atoms with Crippen LogP contribution in [0.2, 0.25) is 0 Å². The van der Waals surface area contributed by atoms with E-state index in [2.05, 4.69) is 289 Å². The number of para-hydroxylation sites is 2. The van der Waals surface area contributed by atoms with Gasteiger partial charge in [0.25, 0.3) is 0 Å². The molecular formula is C75H66BN3O. The third kappa shape index (κ3) is 7.21. The molecule has 0 N–H and O–H groups in total. The zero-order valence-corrected chi connectivity index (χ0v) is 47.4. The molecule has 0 bridgehead atoms. The first-order valence-corrected chi connectivity index (χ1v) is 28.8. The fourth-order valence-corrected chi connectivity index (χ4v) is 14.3. The van der Waals surface area contributed by atoms with Crippen molar-refractivity contribution in [2.75, 3.05) is 14.6 Å². The smallest absolute Gasteiger partial charge is 0.333 e. The number of hydrogen-bond donors (Lipinski definition) is 0. The molecule has 0 saturated carbocycles. The summed E-state index contributed by atoms with van der Waals surface area (Å²) in [6.07, 6.45) is 2.32. The van der Waals surface area contributed by atoms with Crippen LogP contribution < -0.4 is 25.5 Å². The van der Waals surface area contributed by atoms with Gasteiger partial charge in [0.1, 0.15) is 11.2 Å². The molecular weight excluding hydrogens is 970 g/mol. The van der Waals surface area contributed by atoms with E-state index in [1.165, 1.54) is 84.5 Å². The number of benzene rings is 10. The maximum atomic E-state index is 7.26. The lowest BCUT2D eigenvalue weighted by molar-refractivity contribution is 0.331. The Morgan fingerprint density at radius 2 is 1.05 bits per heavy atom. The van der Waals surface area contributed by atoms with Crippen molar-refractivity contribution < 1.29 is 4.42 Å². The molecule has 0 unspecified atom stereocenters. The van der Waals surface area contributed by atoms with Gasteiger partial charge in [-0.15, -0.1) is 0 Å². The van der Waals surface area contributed by atoms with Crippen molar-refractivity contribution in [1.82, 2.24) is 0 Å². The van der Waals surface area contributed by atoms with E-state index in [1.807, 2.05) is 0 Å². The van der Waals surface area contributed by atoms with E-state index >= 15 is 0 Å². The van der Waals surface area contributed by atoms with Crippen LogP contribution in [-0.4, -0.2) is 6.85 Å². The first kappa shape index (κ1) is 48.6. The number of furan rings is 1. The molecule has 4 aliphatic rings. The Balaban J connectivity index is 1.03. The molecule has 15 rings (SSSR count). The van der Waals surface area contributed by atoms with Crippen LogP contribution in [0.5, 0.6) is 0 Å². The van der Waals surface area contributed by atoms with Crippen LogP contribution in [0, 0.1) is 0 Å². The van der Waals surface area contributed by atoms with Crippen LogP contribution in [0.1, 0.15) is 103 Å². The molecule has 0 amide bonds. The summed E-state index contributed by atoms with van der Waals surface area (Å²) in [5.74, 6) is 0. The van der Waals surface area contributed by atoms with Gasteiger partial charge in [0.15, 0.2) is 0 Å². The van der Waals surface area contributed by atoms with E-state index in [9.17, 15) is 0 Å². The van der Waals surface area contributed by atoms with Crippen LogP contribution in [0.4, 0.5) is 45.5 Å². The molecule has 0 radical (unpaired) electrons. The Hall–Kier alpha value is -8.54. The molecule has 5 heteroatoms. The Morgan fingerprint density at radius 3 is 1.70 bits per heavy atom. The third-order valence-electron chi connectivity index (χ3n) is 18.8. The van der Waals surface area contributed by atoms with E-state index in [0.717, 1.165) is 67.9 Å². The van der Waals surface area contributed by atoms with Gasteiger partial charge in [0.2, 0.25) is 0 Å². The average Bonchev–Trinajstić information content (AvgIpc) is 4.02. The minimum absolute atomic E-state index is 0.00765. The summed E-state index contributed by atoms with van der Waals surface area (Å²) in [6, 6.07) is 79.8. The van der Waals surface area contributed by atoms with Crippen molar-refractivity contribution in [2.24, 2.45) is 0 Å². The highest BCUT2D eigenvalue weighted by molar-refractivity contribution is 6.94. The maximum absolute atomic E-state index is 7.26. The number of fused-ring (bicyclic) bond motifs is 11. The highest BCUT2D eigenvalue weighted by atomic mass is 16.3. The van der Waals surface area contributed by atoms with E-state index in [1.54, 1.807) is 0 Å². The first-order valence-electron chi connectivity index (χ1n) is 28.8. The molecule has 1 aromatic heterocycles. The zero-order chi connectivity index (χ0) is 54.6. The fraction of sp³-hybridized carbons (Fsp3) is 0.200. The van der Waals surface area contributed by atoms with Gasteiger partial charge in [-0.2, -0.15) is 0 Å². The molecule has 1 aliphatic carbocycles. The number of nitrogens with zero attached hydrogens (tertiary/aromatic N) is 3. The van der Waals surface area contributed by atoms with Crippen LogP contribution in [0.3, 0.4) is 0 Å². The monoisotopic (exact) mass is 1040 g/mol. The highest BCUT2D eigenvalue weighted by Crippen LogP contribution is 2.59.